The smallest absolute Gasteiger partial charge is 0.315 e. The summed E-state index contributed by atoms with van der Waals surface area (Å²) < 4.78 is 5.44. The number of carbonyl (C=O) groups is 1. The van der Waals surface area contributed by atoms with Crippen LogP contribution in [-0.4, -0.2) is 12.6 Å². The van der Waals surface area contributed by atoms with E-state index >= 15 is 0 Å². The first-order valence-electron chi connectivity index (χ1n) is 7.70. The molecule has 1 atom stereocenters. The molecule has 0 bridgehead atoms. The highest BCUT2D eigenvalue weighted by Gasteiger charge is 2.11. The second-order valence-corrected chi connectivity index (χ2v) is 6.12. The standard InChI is InChI=1S/C18H20Cl2N2O2/c1-3-24-15-6-4-5-13(9-15)11-21-18(23)22-12(2)14-7-8-16(19)17(20)10-14/h4-10,12H,3,11H2,1-2H3,(H2,21,22,23). The molecule has 0 heterocycles. The van der Waals surface area contributed by atoms with Crippen LogP contribution in [0.2, 0.25) is 10.0 Å². The summed E-state index contributed by atoms with van der Waals surface area (Å²) in [7, 11) is 0. The van der Waals surface area contributed by atoms with E-state index in [1.807, 2.05) is 44.2 Å². The Labute approximate surface area is 152 Å². The van der Waals surface area contributed by atoms with Gasteiger partial charge < -0.3 is 15.4 Å². The maximum Gasteiger partial charge on any atom is 0.315 e. The molecule has 24 heavy (non-hydrogen) atoms. The fraction of sp³-hybridized carbons (Fsp3) is 0.278. The highest BCUT2D eigenvalue weighted by Crippen LogP contribution is 2.25. The molecule has 0 aliphatic carbocycles. The first kappa shape index (κ1) is 18.4. The molecule has 0 saturated heterocycles. The molecule has 0 aromatic heterocycles. The van der Waals surface area contributed by atoms with Crippen molar-refractivity contribution in [2.75, 3.05) is 6.61 Å². The number of carbonyl (C=O) groups excluding carboxylic acids is 1. The molecule has 2 N–H and O–H groups in total. The Bertz CT molecular complexity index is 707. The Balaban J connectivity index is 1.88. The molecule has 2 aromatic rings. The van der Waals surface area contributed by atoms with Crippen molar-refractivity contribution in [3.05, 3.63) is 63.6 Å². The first-order valence-corrected chi connectivity index (χ1v) is 8.46. The van der Waals surface area contributed by atoms with Gasteiger partial charge in [0.25, 0.3) is 0 Å². The first-order chi connectivity index (χ1) is 11.5. The lowest BCUT2D eigenvalue weighted by molar-refractivity contribution is 0.237. The largest absolute Gasteiger partial charge is 0.494 e. The predicted molar refractivity (Wildman–Crippen MR) is 97.9 cm³/mol. The monoisotopic (exact) mass is 366 g/mol. The third-order valence-corrected chi connectivity index (χ3v) is 4.19. The number of halogens is 2. The SMILES string of the molecule is CCOc1cccc(CNC(=O)NC(C)c2ccc(Cl)c(Cl)c2)c1. The molecule has 0 aliphatic rings. The number of urea groups is 1. The zero-order chi connectivity index (χ0) is 17.5. The Kier molecular flexibility index (Phi) is 6.76. The number of hydrogen-bond donors (Lipinski definition) is 2. The number of ether oxygens (including phenoxy) is 1. The van der Waals surface area contributed by atoms with Crippen LogP contribution in [0.25, 0.3) is 0 Å². The second kappa shape index (κ2) is 8.81. The Morgan fingerprint density at radius 3 is 2.67 bits per heavy atom. The van der Waals surface area contributed by atoms with E-state index in [1.54, 1.807) is 12.1 Å². The van der Waals surface area contributed by atoms with E-state index in [0.29, 0.717) is 23.2 Å². The molecule has 2 amide bonds. The van der Waals surface area contributed by atoms with Gasteiger partial charge in [-0.05, 0) is 49.2 Å². The molecule has 4 nitrogen and oxygen atoms in total. The molecule has 6 heteroatoms. The average molecular weight is 367 g/mol. The average Bonchev–Trinajstić information content (AvgIpc) is 2.56. The molecular formula is C18H20Cl2N2O2. The molecule has 2 rings (SSSR count). The molecule has 0 spiro atoms. The Hall–Kier alpha value is -1.91. The Morgan fingerprint density at radius 1 is 1.17 bits per heavy atom. The molecule has 0 fully saturated rings. The van der Waals surface area contributed by atoms with E-state index in [9.17, 15) is 4.79 Å². The van der Waals surface area contributed by atoms with E-state index in [2.05, 4.69) is 10.6 Å². The highest BCUT2D eigenvalue weighted by atomic mass is 35.5. The number of rotatable bonds is 6. The van der Waals surface area contributed by atoms with Gasteiger partial charge in [0, 0.05) is 6.54 Å². The van der Waals surface area contributed by atoms with Gasteiger partial charge in [-0.2, -0.15) is 0 Å². The summed E-state index contributed by atoms with van der Waals surface area (Å²) in [6.07, 6.45) is 0. The van der Waals surface area contributed by atoms with Gasteiger partial charge in [-0.25, -0.2) is 4.79 Å². The summed E-state index contributed by atoms with van der Waals surface area (Å²) in [5.41, 5.74) is 1.86. The third-order valence-electron chi connectivity index (χ3n) is 3.45. The van der Waals surface area contributed by atoms with Gasteiger partial charge in [-0.3, -0.25) is 0 Å². The topological polar surface area (TPSA) is 50.4 Å². The summed E-state index contributed by atoms with van der Waals surface area (Å²) in [5, 5.41) is 6.66. The van der Waals surface area contributed by atoms with Gasteiger partial charge in [0.1, 0.15) is 5.75 Å². The molecular weight excluding hydrogens is 347 g/mol. The van der Waals surface area contributed by atoms with Crippen molar-refractivity contribution in [1.29, 1.82) is 0 Å². The van der Waals surface area contributed by atoms with E-state index in [1.165, 1.54) is 0 Å². The number of hydrogen-bond acceptors (Lipinski definition) is 2. The van der Waals surface area contributed by atoms with Gasteiger partial charge >= 0.3 is 6.03 Å². The lowest BCUT2D eigenvalue weighted by Gasteiger charge is -2.16. The van der Waals surface area contributed by atoms with Crippen LogP contribution in [0, 0.1) is 0 Å². The van der Waals surface area contributed by atoms with E-state index in [0.717, 1.165) is 16.9 Å². The van der Waals surface area contributed by atoms with Crippen molar-refractivity contribution >= 4 is 29.2 Å². The highest BCUT2D eigenvalue weighted by molar-refractivity contribution is 6.42. The third kappa shape index (κ3) is 5.32. The maximum absolute atomic E-state index is 12.1. The molecule has 0 radical (unpaired) electrons. The van der Waals surface area contributed by atoms with Crippen molar-refractivity contribution in [2.24, 2.45) is 0 Å². The molecule has 2 aromatic carbocycles. The lowest BCUT2D eigenvalue weighted by Crippen LogP contribution is -2.36. The molecule has 0 aliphatic heterocycles. The van der Waals surface area contributed by atoms with Crippen LogP contribution >= 0.6 is 23.2 Å². The van der Waals surface area contributed by atoms with Crippen molar-refractivity contribution in [3.8, 4) is 5.75 Å². The quantitative estimate of drug-likeness (QED) is 0.759. The van der Waals surface area contributed by atoms with Crippen LogP contribution in [0.4, 0.5) is 4.79 Å². The van der Waals surface area contributed by atoms with Crippen LogP contribution < -0.4 is 15.4 Å². The molecule has 0 saturated carbocycles. The van der Waals surface area contributed by atoms with Crippen molar-refractivity contribution in [2.45, 2.75) is 26.4 Å². The minimum absolute atomic E-state index is 0.186. The summed E-state index contributed by atoms with van der Waals surface area (Å²) in [6.45, 7) is 4.84. The summed E-state index contributed by atoms with van der Waals surface area (Å²) in [5.74, 6) is 0.793. The number of benzene rings is 2. The zero-order valence-electron chi connectivity index (χ0n) is 13.6. The maximum atomic E-state index is 12.1. The fourth-order valence-corrected chi connectivity index (χ4v) is 2.51. The minimum atomic E-state index is -0.254. The second-order valence-electron chi connectivity index (χ2n) is 5.30. The van der Waals surface area contributed by atoms with Crippen molar-refractivity contribution in [3.63, 3.8) is 0 Å². The number of amides is 2. The van der Waals surface area contributed by atoms with Gasteiger partial charge in [-0.15, -0.1) is 0 Å². The summed E-state index contributed by atoms with van der Waals surface area (Å²) >= 11 is 11.9. The van der Waals surface area contributed by atoms with Gasteiger partial charge in [0.2, 0.25) is 0 Å². The Morgan fingerprint density at radius 2 is 1.96 bits per heavy atom. The van der Waals surface area contributed by atoms with Crippen LogP contribution in [0.3, 0.4) is 0 Å². The number of nitrogens with one attached hydrogen (secondary N) is 2. The van der Waals surface area contributed by atoms with Crippen molar-refractivity contribution < 1.29 is 9.53 Å². The minimum Gasteiger partial charge on any atom is -0.494 e. The summed E-state index contributed by atoms with van der Waals surface area (Å²) in [4.78, 5) is 12.1. The fourth-order valence-electron chi connectivity index (χ4n) is 2.21. The molecule has 128 valence electrons. The van der Waals surface area contributed by atoms with E-state index in [-0.39, 0.29) is 12.1 Å². The van der Waals surface area contributed by atoms with Crippen LogP contribution in [0.1, 0.15) is 31.0 Å². The van der Waals surface area contributed by atoms with Crippen LogP contribution in [-0.2, 0) is 6.54 Å². The normalized spacial score (nSPS) is 11.7. The van der Waals surface area contributed by atoms with Crippen LogP contribution in [0.5, 0.6) is 5.75 Å². The van der Waals surface area contributed by atoms with Crippen LogP contribution in [0.15, 0.2) is 42.5 Å². The van der Waals surface area contributed by atoms with Gasteiger partial charge in [-0.1, -0.05) is 41.4 Å². The zero-order valence-corrected chi connectivity index (χ0v) is 15.1. The molecule has 1 unspecified atom stereocenters. The van der Waals surface area contributed by atoms with Gasteiger partial charge in [0.05, 0.1) is 22.7 Å². The van der Waals surface area contributed by atoms with Crippen molar-refractivity contribution in [1.82, 2.24) is 10.6 Å². The summed E-state index contributed by atoms with van der Waals surface area (Å²) in [6, 6.07) is 12.5. The van der Waals surface area contributed by atoms with Gasteiger partial charge in [0.15, 0.2) is 0 Å². The van der Waals surface area contributed by atoms with E-state index in [4.69, 9.17) is 27.9 Å². The predicted octanol–water partition coefficient (Wildman–Crippen LogP) is 4.95. The lowest BCUT2D eigenvalue weighted by atomic mass is 10.1. The van der Waals surface area contributed by atoms with E-state index < -0.39 is 0 Å².